The van der Waals surface area contributed by atoms with Gasteiger partial charge in [-0.25, -0.2) is 0 Å². The third-order valence-electron chi connectivity index (χ3n) is 7.30. The first-order chi connectivity index (χ1) is 18.2. The van der Waals surface area contributed by atoms with Crippen LogP contribution in [-0.4, -0.2) is 9.55 Å². The third-order valence-corrected chi connectivity index (χ3v) is 7.30. The molecule has 7 aromatic rings. The molecule has 180 valence electrons. The zero-order valence-corrected chi connectivity index (χ0v) is 21.5. The van der Waals surface area contributed by atoms with Crippen molar-refractivity contribution in [3.63, 3.8) is 0 Å². The second-order valence-electron chi connectivity index (χ2n) is 9.48. The summed E-state index contributed by atoms with van der Waals surface area (Å²) in [6, 6.07) is 39.6. The Labute approximate surface area is 217 Å². The van der Waals surface area contributed by atoms with Crippen LogP contribution in [0.5, 0.6) is 0 Å². The van der Waals surface area contributed by atoms with Crippen LogP contribution >= 0.6 is 0 Å². The van der Waals surface area contributed by atoms with Gasteiger partial charge in [0.2, 0.25) is 0 Å². The molecule has 0 unspecified atom stereocenters. The molecule has 0 aliphatic carbocycles. The number of para-hydroxylation sites is 2. The molecule has 0 radical (unpaired) electrons. The molecule has 0 aliphatic heterocycles. The van der Waals surface area contributed by atoms with Crippen LogP contribution in [0.3, 0.4) is 0 Å². The lowest BCUT2D eigenvalue weighted by Gasteiger charge is -2.07. The van der Waals surface area contributed by atoms with Gasteiger partial charge in [-0.2, -0.15) is 0 Å². The maximum atomic E-state index is 3.51. The minimum atomic E-state index is 1.18. The number of aromatic nitrogens is 2. The smallest absolute Gasteiger partial charge is 0.0489 e. The number of fused-ring (bicyclic) bond motifs is 6. The largest absolute Gasteiger partial charge is 0.355 e. The van der Waals surface area contributed by atoms with Gasteiger partial charge in [0.25, 0.3) is 0 Å². The summed E-state index contributed by atoms with van der Waals surface area (Å²) in [4.78, 5) is 3.51. The normalized spacial score (nSPS) is 11.5. The van der Waals surface area contributed by atoms with Gasteiger partial charge in [-0.1, -0.05) is 84.9 Å². The van der Waals surface area contributed by atoms with Gasteiger partial charge in [0, 0.05) is 50.7 Å². The first-order valence-electron chi connectivity index (χ1n) is 12.8. The van der Waals surface area contributed by atoms with Crippen LogP contribution < -0.4 is 0 Å². The molecule has 1 N–H and O–H groups in total. The van der Waals surface area contributed by atoms with E-state index in [0.717, 1.165) is 0 Å². The molecule has 2 heterocycles. The summed E-state index contributed by atoms with van der Waals surface area (Å²) < 4.78 is 2.28. The number of rotatable bonds is 2. The summed E-state index contributed by atoms with van der Waals surface area (Å²) in [5.74, 6) is 0. The van der Waals surface area contributed by atoms with Gasteiger partial charge in [-0.05, 0) is 72.5 Å². The highest BCUT2D eigenvalue weighted by Crippen LogP contribution is 2.34. The second-order valence-corrected chi connectivity index (χ2v) is 9.48. The molecule has 0 saturated carbocycles. The van der Waals surface area contributed by atoms with E-state index in [9.17, 15) is 0 Å². The van der Waals surface area contributed by atoms with Gasteiger partial charge in [0.15, 0.2) is 0 Å². The van der Waals surface area contributed by atoms with Crippen LogP contribution in [0.2, 0.25) is 0 Å². The van der Waals surface area contributed by atoms with Crippen molar-refractivity contribution in [2.45, 2.75) is 13.8 Å². The summed E-state index contributed by atoms with van der Waals surface area (Å²) in [5.41, 5.74) is 9.86. The van der Waals surface area contributed by atoms with Crippen molar-refractivity contribution in [1.29, 1.82) is 0 Å². The minimum absolute atomic E-state index is 1.18. The van der Waals surface area contributed by atoms with Crippen LogP contribution in [0.25, 0.3) is 65.9 Å². The number of hydrogen-bond donors (Lipinski definition) is 1. The Morgan fingerprint density at radius 1 is 0.486 bits per heavy atom. The van der Waals surface area contributed by atoms with E-state index >= 15 is 0 Å². The first-order valence-corrected chi connectivity index (χ1v) is 12.8. The lowest BCUT2D eigenvalue weighted by atomic mass is 9.98. The van der Waals surface area contributed by atoms with Crippen molar-refractivity contribution in [2.24, 2.45) is 7.05 Å². The SMILES string of the molecule is C/C=C\C.Cn1c2ccccc2c2cc(-c3ccc(-c4ccc5[nH]c6ccccc6c5c4)cc3)ccc21. The molecule has 2 aromatic heterocycles. The Morgan fingerprint density at radius 2 is 1.00 bits per heavy atom. The van der Waals surface area contributed by atoms with Crippen molar-refractivity contribution in [2.75, 3.05) is 0 Å². The predicted octanol–water partition coefficient (Wildman–Crippen LogP) is 9.88. The zero-order chi connectivity index (χ0) is 25.4. The highest BCUT2D eigenvalue weighted by molar-refractivity contribution is 6.10. The van der Waals surface area contributed by atoms with E-state index < -0.39 is 0 Å². The molecule has 5 aromatic carbocycles. The Hall–Kier alpha value is -4.56. The standard InChI is InChI=1S/C31H22N2.C4H8/c1-33-30-9-5-3-7-25(30)27-19-23(15-17-31(27)33)21-12-10-20(11-13-21)22-14-16-29-26(18-22)24-6-2-4-8-28(24)32-29;1-3-4-2/h2-19,32H,1H3;3-4H,1-2H3/b;4-3-. The van der Waals surface area contributed by atoms with E-state index in [-0.39, 0.29) is 0 Å². The highest BCUT2D eigenvalue weighted by Gasteiger charge is 2.10. The average molecular weight is 479 g/mol. The van der Waals surface area contributed by atoms with E-state index in [0.29, 0.717) is 0 Å². The Kier molecular flexibility index (Phi) is 5.86. The molecular weight excluding hydrogens is 448 g/mol. The van der Waals surface area contributed by atoms with Crippen LogP contribution in [-0.2, 0) is 7.05 Å². The maximum Gasteiger partial charge on any atom is 0.0489 e. The Morgan fingerprint density at radius 3 is 1.70 bits per heavy atom. The second kappa shape index (κ2) is 9.48. The number of nitrogens with zero attached hydrogens (tertiary/aromatic N) is 1. The van der Waals surface area contributed by atoms with Crippen molar-refractivity contribution in [1.82, 2.24) is 9.55 Å². The van der Waals surface area contributed by atoms with E-state index in [4.69, 9.17) is 0 Å². The van der Waals surface area contributed by atoms with Gasteiger partial charge in [-0.15, -0.1) is 0 Å². The number of aromatic amines is 1. The molecule has 0 aliphatic rings. The number of aryl methyl sites for hydroxylation is 1. The van der Waals surface area contributed by atoms with E-state index in [2.05, 4.69) is 126 Å². The monoisotopic (exact) mass is 478 g/mol. The van der Waals surface area contributed by atoms with Crippen LogP contribution in [0, 0.1) is 0 Å². The fourth-order valence-corrected chi connectivity index (χ4v) is 5.23. The average Bonchev–Trinajstić information content (AvgIpc) is 3.48. The fourth-order valence-electron chi connectivity index (χ4n) is 5.23. The molecule has 2 nitrogen and oxygen atoms in total. The molecule has 0 bridgehead atoms. The summed E-state index contributed by atoms with van der Waals surface area (Å²) in [6.45, 7) is 4.00. The molecule has 0 spiro atoms. The van der Waals surface area contributed by atoms with Crippen LogP contribution in [0.4, 0.5) is 0 Å². The quantitative estimate of drug-likeness (QED) is 0.239. The van der Waals surface area contributed by atoms with Crippen molar-refractivity contribution < 1.29 is 0 Å². The van der Waals surface area contributed by atoms with Crippen molar-refractivity contribution in [3.05, 3.63) is 121 Å². The number of nitrogens with one attached hydrogen (secondary N) is 1. The third kappa shape index (κ3) is 4.01. The molecular formula is C35H30N2. The van der Waals surface area contributed by atoms with Gasteiger partial charge < -0.3 is 9.55 Å². The van der Waals surface area contributed by atoms with Crippen LogP contribution in [0.15, 0.2) is 121 Å². The van der Waals surface area contributed by atoms with Crippen molar-refractivity contribution >= 4 is 43.6 Å². The van der Waals surface area contributed by atoms with Crippen molar-refractivity contribution in [3.8, 4) is 22.3 Å². The van der Waals surface area contributed by atoms with E-state index in [1.54, 1.807) is 0 Å². The minimum Gasteiger partial charge on any atom is -0.355 e. The highest BCUT2D eigenvalue weighted by atomic mass is 14.9. The maximum absolute atomic E-state index is 3.51. The number of H-pyrrole nitrogens is 1. The molecule has 2 heteroatoms. The summed E-state index contributed by atoms with van der Waals surface area (Å²) in [7, 11) is 2.14. The van der Waals surface area contributed by atoms with Crippen LogP contribution in [0.1, 0.15) is 13.8 Å². The first kappa shape index (κ1) is 22.9. The molecule has 0 saturated heterocycles. The topological polar surface area (TPSA) is 20.7 Å². The molecule has 7 rings (SSSR count). The van der Waals surface area contributed by atoms with Gasteiger partial charge >= 0.3 is 0 Å². The molecule has 37 heavy (non-hydrogen) atoms. The number of allylic oxidation sites excluding steroid dienone is 2. The Bertz CT molecular complexity index is 1890. The summed E-state index contributed by atoms with van der Waals surface area (Å²) in [6.07, 6.45) is 4.00. The van der Waals surface area contributed by atoms with Gasteiger partial charge in [-0.3, -0.25) is 0 Å². The lowest BCUT2D eigenvalue weighted by Crippen LogP contribution is -1.86. The summed E-state index contributed by atoms with van der Waals surface area (Å²) >= 11 is 0. The fraction of sp³-hybridized carbons (Fsp3) is 0.0857. The summed E-state index contributed by atoms with van der Waals surface area (Å²) in [5, 5.41) is 5.16. The molecule has 0 atom stereocenters. The van der Waals surface area contributed by atoms with E-state index in [1.807, 2.05) is 26.0 Å². The molecule has 0 amide bonds. The zero-order valence-electron chi connectivity index (χ0n) is 21.5. The number of hydrogen-bond acceptors (Lipinski definition) is 0. The van der Waals surface area contributed by atoms with Gasteiger partial charge in [0.05, 0.1) is 0 Å². The predicted molar refractivity (Wildman–Crippen MR) is 161 cm³/mol. The Balaban J connectivity index is 0.000000590. The lowest BCUT2D eigenvalue weighted by molar-refractivity contribution is 1.01. The molecule has 0 fully saturated rings. The number of benzene rings is 5. The van der Waals surface area contributed by atoms with Gasteiger partial charge in [0.1, 0.15) is 0 Å². The van der Waals surface area contributed by atoms with E-state index in [1.165, 1.54) is 65.9 Å².